The number of hydrogen-bond donors (Lipinski definition) is 3. The summed E-state index contributed by atoms with van der Waals surface area (Å²) in [4.78, 5) is 8.41. The number of aromatic nitrogens is 2. The molecule has 2 aromatic carbocycles. The molecule has 27 heavy (non-hydrogen) atoms. The molecule has 3 aromatic rings. The van der Waals surface area contributed by atoms with Crippen LogP contribution in [0.3, 0.4) is 0 Å². The molecule has 0 aliphatic carbocycles. The number of benzene rings is 2. The summed E-state index contributed by atoms with van der Waals surface area (Å²) in [5.41, 5.74) is 18.4. The highest BCUT2D eigenvalue weighted by Gasteiger charge is 2.16. The van der Waals surface area contributed by atoms with Crippen LogP contribution in [0.5, 0.6) is 0 Å². The topological polar surface area (TPSA) is 105 Å². The van der Waals surface area contributed by atoms with E-state index in [2.05, 4.69) is 47.7 Å². The molecule has 0 bridgehead atoms. The van der Waals surface area contributed by atoms with Crippen LogP contribution in [0.15, 0.2) is 52.4 Å². The lowest BCUT2D eigenvalue weighted by molar-refractivity contribution is 0.567. The Morgan fingerprint density at radius 2 is 1.67 bits per heavy atom. The van der Waals surface area contributed by atoms with Crippen molar-refractivity contribution in [1.29, 1.82) is 0 Å². The molecule has 0 radical (unpaired) electrons. The molecule has 0 amide bonds. The number of hydrogen-bond acceptors (Lipinski definition) is 5. The Labute approximate surface area is 159 Å². The Bertz CT molecular complexity index is 1010. The van der Waals surface area contributed by atoms with Gasteiger partial charge in [0.15, 0.2) is 0 Å². The number of anilines is 2. The van der Waals surface area contributed by atoms with Gasteiger partial charge in [-0.15, -0.1) is 0 Å². The van der Waals surface area contributed by atoms with Gasteiger partial charge in [-0.2, -0.15) is 5.10 Å². The number of rotatable bonds is 4. The van der Waals surface area contributed by atoms with Gasteiger partial charge in [0.2, 0.25) is 0 Å². The maximum absolute atomic E-state index is 6.09. The summed E-state index contributed by atoms with van der Waals surface area (Å²) in [5.74, 6) is 0. The van der Waals surface area contributed by atoms with Gasteiger partial charge in [-0.1, -0.05) is 32.9 Å². The van der Waals surface area contributed by atoms with E-state index >= 15 is 0 Å². The van der Waals surface area contributed by atoms with Crippen molar-refractivity contribution in [2.75, 3.05) is 11.5 Å². The maximum Gasteiger partial charge on any atom is 0.103 e. The number of aliphatic imine (C=N–C) groups is 2. The van der Waals surface area contributed by atoms with E-state index in [4.69, 9.17) is 11.5 Å². The lowest BCUT2D eigenvalue weighted by Gasteiger charge is -2.14. The summed E-state index contributed by atoms with van der Waals surface area (Å²) >= 11 is 0. The van der Waals surface area contributed by atoms with E-state index in [-0.39, 0.29) is 5.41 Å². The molecule has 6 heteroatoms. The zero-order chi connectivity index (χ0) is 19.6. The number of nitrogens with one attached hydrogen (secondary N) is 1. The summed E-state index contributed by atoms with van der Waals surface area (Å²) in [6.07, 6.45) is 1.71. The first-order chi connectivity index (χ1) is 12.8. The lowest BCUT2D eigenvalue weighted by Crippen LogP contribution is -2.11. The van der Waals surface area contributed by atoms with Gasteiger partial charge in [0.05, 0.1) is 29.0 Å². The molecule has 0 spiro atoms. The van der Waals surface area contributed by atoms with Crippen LogP contribution < -0.4 is 11.5 Å². The van der Waals surface area contributed by atoms with E-state index in [0.29, 0.717) is 22.7 Å². The molecule has 0 aliphatic heterocycles. The predicted octanol–water partition coefficient (Wildman–Crippen LogP) is 4.62. The molecule has 138 valence electrons. The third kappa shape index (κ3) is 4.06. The normalized spacial score (nSPS) is 11.8. The monoisotopic (exact) mass is 360 g/mol. The molecule has 0 saturated heterocycles. The van der Waals surface area contributed by atoms with Crippen LogP contribution in [-0.4, -0.2) is 23.1 Å². The van der Waals surface area contributed by atoms with Gasteiger partial charge in [0.25, 0.3) is 0 Å². The highest BCUT2D eigenvalue weighted by molar-refractivity contribution is 5.84. The van der Waals surface area contributed by atoms with Crippen molar-refractivity contribution in [2.24, 2.45) is 9.98 Å². The summed E-state index contributed by atoms with van der Waals surface area (Å²) in [6.45, 7) is 9.90. The van der Waals surface area contributed by atoms with Crippen LogP contribution in [0.1, 0.15) is 32.2 Å². The van der Waals surface area contributed by atoms with Crippen LogP contribution in [0.25, 0.3) is 11.1 Å². The Kier molecular flexibility index (Phi) is 4.81. The van der Waals surface area contributed by atoms with Crippen molar-refractivity contribution >= 4 is 35.7 Å². The van der Waals surface area contributed by atoms with E-state index in [1.165, 1.54) is 0 Å². The van der Waals surface area contributed by atoms with Gasteiger partial charge in [-0.25, -0.2) is 0 Å². The fourth-order valence-electron chi connectivity index (χ4n) is 2.64. The fourth-order valence-corrected chi connectivity index (χ4v) is 2.64. The Morgan fingerprint density at radius 1 is 0.963 bits per heavy atom. The molecule has 0 saturated carbocycles. The Hall–Kier alpha value is -3.41. The summed E-state index contributed by atoms with van der Waals surface area (Å²) in [6, 6.07) is 13.4. The number of aromatic amines is 1. The smallest absolute Gasteiger partial charge is 0.103 e. The summed E-state index contributed by atoms with van der Waals surface area (Å²) in [5, 5.41) is 7.34. The summed E-state index contributed by atoms with van der Waals surface area (Å²) < 4.78 is 0. The predicted molar refractivity (Wildman–Crippen MR) is 114 cm³/mol. The zero-order valence-electron chi connectivity index (χ0n) is 15.8. The van der Waals surface area contributed by atoms with E-state index in [1.807, 2.05) is 42.5 Å². The average Bonchev–Trinajstić information content (AvgIpc) is 3.10. The minimum absolute atomic E-state index is 0.00439. The van der Waals surface area contributed by atoms with Crippen LogP contribution >= 0.6 is 0 Å². The average molecular weight is 360 g/mol. The molecule has 0 atom stereocenters. The molecule has 3 rings (SSSR count). The fraction of sp³-hybridized carbons (Fsp3) is 0.190. The second-order valence-corrected chi connectivity index (χ2v) is 7.42. The quantitative estimate of drug-likeness (QED) is 0.467. The van der Waals surface area contributed by atoms with Crippen LogP contribution in [0.2, 0.25) is 0 Å². The Balaban J connectivity index is 1.90. The number of H-pyrrole nitrogens is 1. The van der Waals surface area contributed by atoms with E-state index in [0.717, 1.165) is 22.5 Å². The van der Waals surface area contributed by atoms with E-state index in [1.54, 1.807) is 6.21 Å². The number of nitrogens with two attached hydrogens (primary N) is 2. The van der Waals surface area contributed by atoms with Crippen LogP contribution in [0, 0.1) is 0 Å². The SMILES string of the molecule is C=Nc1ccc(-c2ccc(N)c(N=Cc3cc(C(C)(C)C)[nH]n3)c2)cc1N. The van der Waals surface area contributed by atoms with E-state index in [9.17, 15) is 0 Å². The van der Waals surface area contributed by atoms with Crippen LogP contribution in [-0.2, 0) is 5.41 Å². The van der Waals surface area contributed by atoms with Crippen molar-refractivity contribution < 1.29 is 0 Å². The van der Waals surface area contributed by atoms with Crippen molar-refractivity contribution in [3.05, 3.63) is 53.9 Å². The molecule has 5 N–H and O–H groups in total. The first kappa shape index (κ1) is 18.4. The first-order valence-corrected chi connectivity index (χ1v) is 8.64. The molecule has 0 unspecified atom stereocenters. The third-order valence-corrected chi connectivity index (χ3v) is 4.30. The van der Waals surface area contributed by atoms with Crippen molar-refractivity contribution in [1.82, 2.24) is 10.2 Å². The highest BCUT2D eigenvalue weighted by Crippen LogP contribution is 2.32. The number of nitrogens with zero attached hydrogens (tertiary/aromatic N) is 3. The minimum atomic E-state index is 0.00439. The largest absolute Gasteiger partial charge is 0.397 e. The van der Waals surface area contributed by atoms with Crippen molar-refractivity contribution in [3.63, 3.8) is 0 Å². The Morgan fingerprint density at radius 3 is 2.30 bits per heavy atom. The highest BCUT2D eigenvalue weighted by atomic mass is 15.1. The van der Waals surface area contributed by atoms with Gasteiger partial charge >= 0.3 is 0 Å². The lowest BCUT2D eigenvalue weighted by atomic mass is 9.92. The summed E-state index contributed by atoms with van der Waals surface area (Å²) in [7, 11) is 0. The molecule has 1 heterocycles. The third-order valence-electron chi connectivity index (χ3n) is 4.30. The van der Waals surface area contributed by atoms with Gasteiger partial charge in [-0.3, -0.25) is 15.1 Å². The number of nitrogen functional groups attached to an aromatic ring is 2. The minimum Gasteiger partial charge on any atom is -0.397 e. The van der Waals surface area contributed by atoms with Gasteiger partial charge in [0.1, 0.15) is 5.69 Å². The zero-order valence-corrected chi connectivity index (χ0v) is 15.8. The first-order valence-electron chi connectivity index (χ1n) is 8.64. The maximum atomic E-state index is 6.09. The van der Waals surface area contributed by atoms with Gasteiger partial charge < -0.3 is 11.5 Å². The van der Waals surface area contributed by atoms with Gasteiger partial charge in [-0.05, 0) is 48.2 Å². The molecule has 1 aromatic heterocycles. The van der Waals surface area contributed by atoms with E-state index < -0.39 is 0 Å². The standard InChI is InChI=1S/C21H24N6/c1-21(2,3)20-11-15(26-27-20)12-25-19-10-14(5-7-16(19)22)13-6-8-18(24-4)17(23)9-13/h5-12H,4,22-23H2,1-3H3,(H,26,27). The second kappa shape index (κ2) is 7.07. The van der Waals surface area contributed by atoms with Crippen molar-refractivity contribution in [2.45, 2.75) is 26.2 Å². The van der Waals surface area contributed by atoms with Gasteiger partial charge in [0, 0.05) is 11.1 Å². The molecule has 0 aliphatic rings. The molecule has 6 nitrogen and oxygen atoms in total. The molecular formula is C21H24N6. The second-order valence-electron chi connectivity index (χ2n) is 7.42. The molecule has 0 fully saturated rings. The molecular weight excluding hydrogens is 336 g/mol. The van der Waals surface area contributed by atoms with Crippen molar-refractivity contribution in [3.8, 4) is 11.1 Å². The van der Waals surface area contributed by atoms with Crippen LogP contribution in [0.4, 0.5) is 22.7 Å².